The third-order valence-electron chi connectivity index (χ3n) is 8.00. The molecule has 1 N–H and O–H groups in total. The molecule has 5 aromatic rings. The summed E-state index contributed by atoms with van der Waals surface area (Å²) in [4.78, 5) is 4.40. The largest absolute Gasteiger partial charge is 0.404 e. The Labute approximate surface area is 267 Å². The van der Waals surface area contributed by atoms with Crippen molar-refractivity contribution in [2.75, 3.05) is 29.9 Å². The van der Waals surface area contributed by atoms with E-state index in [1.807, 2.05) is 35.1 Å². The van der Waals surface area contributed by atoms with Gasteiger partial charge in [-0.1, -0.05) is 35.5 Å². The summed E-state index contributed by atoms with van der Waals surface area (Å²) in [6, 6.07) is 12.4. The zero-order valence-corrected chi connectivity index (χ0v) is 26.2. The first-order valence-electron chi connectivity index (χ1n) is 15.6. The number of aromatic nitrogens is 5. The molecule has 4 heterocycles. The maximum Gasteiger partial charge on any atom is 0.404 e. The average molecular weight is 680 g/mol. The topological polar surface area (TPSA) is 138 Å². The normalized spacial score (nSPS) is 17.1. The van der Waals surface area contributed by atoms with Crippen molar-refractivity contribution in [3.8, 4) is 11.3 Å². The highest BCUT2D eigenvalue weighted by Gasteiger charge is 2.37. The molecule has 0 spiro atoms. The van der Waals surface area contributed by atoms with Gasteiger partial charge in [0, 0.05) is 42.4 Å². The highest BCUT2D eigenvalue weighted by Crippen LogP contribution is 2.45. The van der Waals surface area contributed by atoms with Crippen LogP contribution in [0.3, 0.4) is 0 Å². The molecule has 0 saturated carbocycles. The number of hydrogen-bond donors (Lipinski definition) is 1. The summed E-state index contributed by atoms with van der Waals surface area (Å²) < 4.78 is 127. The molecular weight excluding hydrogens is 645 g/mol. The summed E-state index contributed by atoms with van der Waals surface area (Å²) in [6.45, 7) is -1.83. The van der Waals surface area contributed by atoms with Gasteiger partial charge in [-0.2, -0.15) is 13.2 Å². The SMILES string of the molecule is [2H]C([2H])([2H])c1nnn(C)c1-c1cnc2c3c(NS(=O)(=O)CC(F)(F)F)ccc(S(C)(=O)=O)c3n([C@H](c3ccccc3)C3CCOCC3)c2c1. The number of ether oxygens (including phenoxy) is 1. The minimum atomic E-state index is -5.06. The molecule has 244 valence electrons. The van der Waals surface area contributed by atoms with Crippen LogP contribution in [0.25, 0.3) is 33.2 Å². The summed E-state index contributed by atoms with van der Waals surface area (Å²) in [5, 5.41) is 7.71. The summed E-state index contributed by atoms with van der Waals surface area (Å²) in [6.07, 6.45) is -1.64. The van der Waals surface area contributed by atoms with Gasteiger partial charge in [-0.05, 0) is 49.4 Å². The summed E-state index contributed by atoms with van der Waals surface area (Å²) >= 11 is 0. The molecule has 46 heavy (non-hydrogen) atoms. The number of sulfonamides is 1. The van der Waals surface area contributed by atoms with Crippen LogP contribution in [0.4, 0.5) is 18.9 Å². The first-order chi connectivity index (χ1) is 22.9. The molecule has 11 nitrogen and oxygen atoms in total. The van der Waals surface area contributed by atoms with Crippen molar-refractivity contribution in [2.24, 2.45) is 13.0 Å². The molecule has 3 aromatic heterocycles. The van der Waals surface area contributed by atoms with Gasteiger partial charge >= 0.3 is 6.18 Å². The lowest BCUT2D eigenvalue weighted by atomic mass is 9.86. The lowest BCUT2D eigenvalue weighted by Gasteiger charge is -2.33. The average Bonchev–Trinajstić information content (AvgIpc) is 3.55. The second kappa shape index (κ2) is 11.7. The molecular formula is C30H31F3N6O5S2. The number of nitrogens with zero attached hydrogens (tertiary/aromatic N) is 5. The number of hydrogen-bond acceptors (Lipinski definition) is 8. The monoisotopic (exact) mass is 679 g/mol. The Hall–Kier alpha value is -4.02. The van der Waals surface area contributed by atoms with Crippen molar-refractivity contribution in [1.29, 1.82) is 0 Å². The van der Waals surface area contributed by atoms with Crippen molar-refractivity contribution < 1.29 is 38.9 Å². The maximum absolute atomic E-state index is 13.4. The number of sulfone groups is 1. The Morgan fingerprint density at radius 3 is 2.48 bits per heavy atom. The van der Waals surface area contributed by atoms with E-state index in [0.717, 1.165) is 24.0 Å². The van der Waals surface area contributed by atoms with Crippen LogP contribution in [0, 0.1) is 12.8 Å². The lowest BCUT2D eigenvalue weighted by Crippen LogP contribution is -2.28. The Balaban J connectivity index is 1.77. The van der Waals surface area contributed by atoms with Crippen LogP contribution in [0.15, 0.2) is 59.6 Å². The van der Waals surface area contributed by atoms with Crippen molar-refractivity contribution in [3.63, 3.8) is 0 Å². The van der Waals surface area contributed by atoms with Crippen LogP contribution in [0.2, 0.25) is 0 Å². The highest BCUT2D eigenvalue weighted by atomic mass is 32.2. The fourth-order valence-corrected chi connectivity index (χ4v) is 8.09. The van der Waals surface area contributed by atoms with Crippen LogP contribution < -0.4 is 4.72 Å². The number of rotatable bonds is 8. The number of alkyl halides is 3. The standard InChI is InChI=1S/C30H31F3N6O5S2/c1-18-27(38(2)37-35-18)21-15-23-26(34-16-21)25-22(36-46(42,43)17-30(31,32)33)9-10-24(45(3,40)41)29(25)39(23)28(19-7-5-4-6-8-19)20-11-13-44-14-12-20/h4-10,15-16,20,28,36H,11-14,17H2,1-3H3/t28-/m1/s1/i1D3. The molecule has 2 aromatic carbocycles. The molecule has 0 radical (unpaired) electrons. The molecule has 16 heteroatoms. The summed E-state index contributed by atoms with van der Waals surface area (Å²) in [5.41, 5.74) is 0.905. The van der Waals surface area contributed by atoms with Crippen molar-refractivity contribution in [2.45, 2.75) is 36.8 Å². The van der Waals surface area contributed by atoms with Crippen molar-refractivity contribution in [3.05, 3.63) is 66.0 Å². The van der Waals surface area contributed by atoms with Crippen molar-refractivity contribution in [1.82, 2.24) is 24.5 Å². The number of halogens is 3. The molecule has 1 fully saturated rings. The van der Waals surface area contributed by atoms with Crippen LogP contribution in [-0.2, 0) is 31.6 Å². The molecule has 0 unspecified atom stereocenters. The molecule has 1 saturated heterocycles. The summed E-state index contributed by atoms with van der Waals surface area (Å²) in [5.74, 6) is -2.32. The Morgan fingerprint density at radius 2 is 1.83 bits per heavy atom. The molecule has 0 aliphatic carbocycles. The van der Waals surface area contributed by atoms with Gasteiger partial charge in [0.05, 0.1) is 49.9 Å². The predicted octanol–water partition coefficient (Wildman–Crippen LogP) is 5.02. The molecule has 0 bridgehead atoms. The smallest absolute Gasteiger partial charge is 0.381 e. The third kappa shape index (κ3) is 6.08. The second-order valence-electron chi connectivity index (χ2n) is 11.3. The number of pyridine rings is 1. The Morgan fingerprint density at radius 1 is 1.11 bits per heavy atom. The van der Waals surface area contributed by atoms with Gasteiger partial charge in [-0.3, -0.25) is 9.71 Å². The number of aryl methyl sites for hydroxylation is 2. The summed E-state index contributed by atoms with van der Waals surface area (Å²) in [7, 11) is -7.56. The van der Waals surface area contributed by atoms with E-state index >= 15 is 0 Å². The Kier molecular flexibility index (Phi) is 7.15. The van der Waals surface area contributed by atoms with Gasteiger partial charge in [0.2, 0.25) is 10.0 Å². The number of fused-ring (bicyclic) bond motifs is 3. The minimum absolute atomic E-state index is 0.0221. The van der Waals surface area contributed by atoms with Crippen LogP contribution in [-0.4, -0.2) is 72.8 Å². The molecule has 0 amide bonds. The predicted molar refractivity (Wildman–Crippen MR) is 167 cm³/mol. The first-order valence-corrected chi connectivity index (χ1v) is 17.7. The minimum Gasteiger partial charge on any atom is -0.381 e. The van der Waals surface area contributed by atoms with Gasteiger partial charge in [0.25, 0.3) is 0 Å². The van der Waals surface area contributed by atoms with Crippen LogP contribution in [0.5, 0.6) is 0 Å². The first kappa shape index (κ1) is 28.2. The fourth-order valence-electron chi connectivity index (χ4n) is 6.22. The lowest BCUT2D eigenvalue weighted by molar-refractivity contribution is -0.106. The van der Waals surface area contributed by atoms with Crippen LogP contribution >= 0.6 is 0 Å². The molecule has 1 atom stereocenters. The Bertz CT molecular complexity index is 2270. The van der Waals surface area contributed by atoms with Crippen molar-refractivity contribution >= 4 is 47.5 Å². The fraction of sp³-hybridized carbons (Fsp3) is 0.367. The number of benzene rings is 2. The van der Waals surface area contributed by atoms with E-state index in [1.54, 1.807) is 10.6 Å². The number of anilines is 1. The second-order valence-corrected chi connectivity index (χ2v) is 15.0. The maximum atomic E-state index is 13.4. The van der Waals surface area contributed by atoms with E-state index in [4.69, 9.17) is 8.85 Å². The zero-order valence-electron chi connectivity index (χ0n) is 27.6. The number of nitrogens with one attached hydrogen (secondary N) is 1. The molecule has 1 aliphatic heterocycles. The van der Waals surface area contributed by atoms with Gasteiger partial charge < -0.3 is 9.30 Å². The zero-order chi connectivity index (χ0) is 35.5. The van der Waals surface area contributed by atoms with E-state index < -0.39 is 44.7 Å². The van der Waals surface area contributed by atoms with E-state index in [0.29, 0.717) is 26.1 Å². The molecule has 6 rings (SSSR count). The third-order valence-corrected chi connectivity index (χ3v) is 10.4. The van der Waals surface area contributed by atoms with Gasteiger partial charge in [0.15, 0.2) is 15.6 Å². The highest BCUT2D eigenvalue weighted by molar-refractivity contribution is 7.92. The van der Waals surface area contributed by atoms with Gasteiger partial charge in [-0.25, -0.2) is 21.5 Å². The molecule has 1 aliphatic rings. The van der Waals surface area contributed by atoms with E-state index in [9.17, 15) is 30.0 Å². The van der Waals surface area contributed by atoms with Gasteiger partial charge in [-0.15, -0.1) is 5.10 Å². The van der Waals surface area contributed by atoms with E-state index in [1.165, 1.54) is 17.9 Å². The van der Waals surface area contributed by atoms with E-state index in [-0.39, 0.29) is 55.4 Å². The quantitative estimate of drug-likeness (QED) is 0.242. The van der Waals surface area contributed by atoms with E-state index in [2.05, 4.69) is 15.3 Å². The van der Waals surface area contributed by atoms with Crippen LogP contribution in [0.1, 0.15) is 34.3 Å². The van der Waals surface area contributed by atoms with Gasteiger partial charge in [0.1, 0.15) is 0 Å².